The van der Waals surface area contributed by atoms with Crippen molar-refractivity contribution in [2.24, 2.45) is 10.9 Å². The molecule has 1 saturated heterocycles. The topological polar surface area (TPSA) is 82.6 Å². The van der Waals surface area contributed by atoms with Crippen molar-refractivity contribution in [3.8, 4) is 0 Å². The second-order valence-electron chi connectivity index (χ2n) is 6.25. The Morgan fingerprint density at radius 1 is 1.21 bits per heavy atom. The highest BCUT2D eigenvalue weighted by molar-refractivity contribution is 14.0. The molecule has 2 fully saturated rings. The summed E-state index contributed by atoms with van der Waals surface area (Å²) in [6, 6.07) is 0. The van der Waals surface area contributed by atoms with Crippen LogP contribution in [0, 0.1) is 5.92 Å². The minimum Gasteiger partial charge on any atom is -0.357 e. The Kier molecular flexibility index (Phi) is 11.0. The Balaban J connectivity index is 0.00000288. The zero-order valence-corrected chi connectivity index (χ0v) is 18.4. The zero-order chi connectivity index (χ0) is 16.5. The fraction of sp³-hybridized carbons (Fsp3) is 0.933. The summed E-state index contributed by atoms with van der Waals surface area (Å²) in [5.41, 5.74) is 0. The lowest BCUT2D eigenvalue weighted by Gasteiger charge is -2.25. The fourth-order valence-corrected chi connectivity index (χ4v) is 4.83. The van der Waals surface area contributed by atoms with Gasteiger partial charge in [-0.3, -0.25) is 4.99 Å². The van der Waals surface area contributed by atoms with E-state index in [0.717, 1.165) is 25.9 Å². The maximum atomic E-state index is 12.0. The van der Waals surface area contributed by atoms with Crippen LogP contribution in [0.2, 0.25) is 0 Å². The Morgan fingerprint density at radius 3 is 2.58 bits per heavy atom. The first-order chi connectivity index (χ1) is 11.1. The number of halogens is 1. The number of sulfonamides is 1. The molecule has 0 amide bonds. The predicted octanol–water partition coefficient (Wildman–Crippen LogP) is 1.77. The van der Waals surface area contributed by atoms with Gasteiger partial charge in [-0.1, -0.05) is 6.42 Å². The van der Waals surface area contributed by atoms with Crippen LogP contribution in [0.4, 0.5) is 0 Å². The van der Waals surface area contributed by atoms with Gasteiger partial charge in [0.15, 0.2) is 5.96 Å². The number of guanidine groups is 1. The van der Waals surface area contributed by atoms with E-state index in [9.17, 15) is 8.42 Å². The quantitative estimate of drug-likeness (QED) is 0.261. The standard InChI is InChI=1S/C15H30N4O2S2.HI/c1-2-16-15(18-12-14-7-4-9-22-14)17-8-10-23(20,21)19-11-13-5-3-6-13;/h13-14,19H,2-12H2,1H3,(H2,16,17,18);1H. The molecule has 1 saturated carbocycles. The zero-order valence-electron chi connectivity index (χ0n) is 14.4. The molecule has 0 spiro atoms. The minimum absolute atomic E-state index is 0. The SMILES string of the molecule is CCNC(=NCC1CCCS1)NCCS(=O)(=O)NCC1CCC1.I. The third-order valence-corrected chi connectivity index (χ3v) is 7.03. The molecule has 0 radical (unpaired) electrons. The van der Waals surface area contributed by atoms with E-state index < -0.39 is 10.0 Å². The summed E-state index contributed by atoms with van der Waals surface area (Å²) in [5, 5.41) is 6.91. The Bertz CT molecular complexity index is 478. The van der Waals surface area contributed by atoms with E-state index in [1.165, 1.54) is 25.0 Å². The number of hydrogen-bond acceptors (Lipinski definition) is 4. The number of thioether (sulfide) groups is 1. The van der Waals surface area contributed by atoms with E-state index >= 15 is 0 Å². The van der Waals surface area contributed by atoms with Crippen LogP contribution in [0.1, 0.15) is 39.0 Å². The van der Waals surface area contributed by atoms with Crippen LogP contribution < -0.4 is 15.4 Å². The van der Waals surface area contributed by atoms with Crippen molar-refractivity contribution in [3.63, 3.8) is 0 Å². The number of rotatable bonds is 9. The summed E-state index contributed by atoms with van der Waals surface area (Å²) in [4.78, 5) is 4.57. The number of nitrogens with zero attached hydrogens (tertiary/aromatic N) is 1. The monoisotopic (exact) mass is 490 g/mol. The van der Waals surface area contributed by atoms with Gasteiger partial charge in [-0.25, -0.2) is 13.1 Å². The molecule has 2 rings (SSSR count). The Labute approximate surface area is 167 Å². The molecular weight excluding hydrogens is 459 g/mol. The molecule has 9 heteroatoms. The van der Waals surface area contributed by atoms with Crippen LogP contribution in [0.25, 0.3) is 0 Å². The van der Waals surface area contributed by atoms with Gasteiger partial charge in [-0.2, -0.15) is 11.8 Å². The Morgan fingerprint density at radius 2 is 2.00 bits per heavy atom. The number of hydrogen-bond donors (Lipinski definition) is 3. The molecule has 2 aliphatic rings. The minimum atomic E-state index is -3.19. The first-order valence-electron chi connectivity index (χ1n) is 8.70. The van der Waals surface area contributed by atoms with Crippen LogP contribution in [0.15, 0.2) is 4.99 Å². The van der Waals surface area contributed by atoms with Crippen LogP contribution in [-0.2, 0) is 10.0 Å². The average Bonchev–Trinajstić information content (AvgIpc) is 2.96. The summed E-state index contributed by atoms with van der Waals surface area (Å²) >= 11 is 1.98. The van der Waals surface area contributed by atoms with Gasteiger partial charge in [0.2, 0.25) is 10.0 Å². The normalized spacial score (nSPS) is 21.9. The third kappa shape index (κ3) is 8.57. The van der Waals surface area contributed by atoms with E-state index in [0.29, 0.717) is 30.2 Å². The maximum Gasteiger partial charge on any atom is 0.213 e. The van der Waals surface area contributed by atoms with Gasteiger partial charge < -0.3 is 10.6 Å². The molecule has 0 aromatic carbocycles. The first-order valence-corrected chi connectivity index (χ1v) is 11.4. The molecule has 3 N–H and O–H groups in total. The smallest absolute Gasteiger partial charge is 0.213 e. The average molecular weight is 490 g/mol. The number of aliphatic imine (C=N–C) groups is 1. The van der Waals surface area contributed by atoms with Gasteiger partial charge in [0.25, 0.3) is 0 Å². The van der Waals surface area contributed by atoms with Crippen molar-refractivity contribution in [1.82, 2.24) is 15.4 Å². The van der Waals surface area contributed by atoms with Gasteiger partial charge in [0, 0.05) is 24.9 Å². The van der Waals surface area contributed by atoms with Crippen molar-refractivity contribution in [3.05, 3.63) is 0 Å². The lowest BCUT2D eigenvalue weighted by Crippen LogP contribution is -2.42. The summed E-state index contributed by atoms with van der Waals surface area (Å²) in [6.07, 6.45) is 6.04. The summed E-state index contributed by atoms with van der Waals surface area (Å²) in [5.74, 6) is 2.58. The highest BCUT2D eigenvalue weighted by Gasteiger charge is 2.20. The van der Waals surface area contributed by atoms with Crippen LogP contribution >= 0.6 is 35.7 Å². The molecule has 142 valence electrons. The van der Waals surface area contributed by atoms with Gasteiger partial charge >= 0.3 is 0 Å². The predicted molar refractivity (Wildman–Crippen MR) is 114 cm³/mol. The summed E-state index contributed by atoms with van der Waals surface area (Å²) in [7, 11) is -3.19. The molecule has 24 heavy (non-hydrogen) atoms. The van der Waals surface area contributed by atoms with E-state index in [2.05, 4.69) is 20.3 Å². The van der Waals surface area contributed by atoms with Crippen molar-refractivity contribution in [2.45, 2.75) is 44.3 Å². The van der Waals surface area contributed by atoms with Gasteiger partial charge in [0.1, 0.15) is 0 Å². The molecule has 1 aliphatic carbocycles. The van der Waals surface area contributed by atoms with Crippen molar-refractivity contribution in [2.75, 3.05) is 37.7 Å². The third-order valence-electron chi connectivity index (χ3n) is 4.30. The fourth-order valence-electron chi connectivity index (χ4n) is 2.64. The number of nitrogens with one attached hydrogen (secondary N) is 3. The lowest BCUT2D eigenvalue weighted by molar-refractivity contribution is 0.316. The summed E-state index contributed by atoms with van der Waals surface area (Å²) in [6.45, 7) is 4.56. The van der Waals surface area contributed by atoms with Crippen molar-refractivity contribution >= 4 is 51.7 Å². The largest absolute Gasteiger partial charge is 0.357 e. The van der Waals surface area contributed by atoms with E-state index in [1.807, 2.05) is 18.7 Å². The van der Waals surface area contributed by atoms with Crippen molar-refractivity contribution < 1.29 is 8.42 Å². The molecule has 1 aliphatic heterocycles. The first kappa shape index (κ1) is 22.3. The molecule has 0 aromatic heterocycles. The lowest BCUT2D eigenvalue weighted by atomic mass is 9.86. The second-order valence-corrected chi connectivity index (χ2v) is 9.58. The molecule has 0 bridgehead atoms. The highest BCUT2D eigenvalue weighted by atomic mass is 127. The van der Waals surface area contributed by atoms with E-state index in [-0.39, 0.29) is 29.7 Å². The van der Waals surface area contributed by atoms with Crippen LogP contribution in [0.3, 0.4) is 0 Å². The molecule has 1 unspecified atom stereocenters. The molecule has 6 nitrogen and oxygen atoms in total. The van der Waals surface area contributed by atoms with E-state index in [4.69, 9.17) is 0 Å². The van der Waals surface area contributed by atoms with Gasteiger partial charge in [0.05, 0.1) is 12.3 Å². The van der Waals surface area contributed by atoms with Gasteiger partial charge in [-0.15, -0.1) is 24.0 Å². The maximum absolute atomic E-state index is 12.0. The van der Waals surface area contributed by atoms with E-state index in [1.54, 1.807) is 0 Å². The summed E-state index contributed by atoms with van der Waals surface area (Å²) < 4.78 is 26.6. The van der Waals surface area contributed by atoms with Crippen molar-refractivity contribution in [1.29, 1.82) is 0 Å². The van der Waals surface area contributed by atoms with Gasteiger partial charge in [-0.05, 0) is 44.3 Å². The van der Waals surface area contributed by atoms with Crippen LogP contribution in [-0.4, -0.2) is 57.3 Å². The molecule has 0 aromatic rings. The molecule has 1 atom stereocenters. The molecule has 1 heterocycles. The second kappa shape index (κ2) is 11.8. The molecular formula is C15H31IN4O2S2. The van der Waals surface area contributed by atoms with Crippen LogP contribution in [0.5, 0.6) is 0 Å². The highest BCUT2D eigenvalue weighted by Crippen LogP contribution is 2.26. The Hall–Kier alpha value is 0.260.